The van der Waals surface area contributed by atoms with E-state index in [4.69, 9.17) is 0 Å². The van der Waals surface area contributed by atoms with Gasteiger partial charge in [-0.05, 0) is 36.0 Å². The number of rotatable bonds is 8. The topological polar surface area (TPSA) is 0 Å². The molecule has 0 bridgehead atoms. The van der Waals surface area contributed by atoms with Gasteiger partial charge in [-0.3, -0.25) is 0 Å². The number of hydrogen-bond donors (Lipinski definition) is 0. The van der Waals surface area contributed by atoms with Crippen LogP contribution in [-0.2, 0) is 0 Å². The highest BCUT2D eigenvalue weighted by Crippen LogP contribution is 2.19. The summed E-state index contributed by atoms with van der Waals surface area (Å²) in [7, 11) is 0. The van der Waals surface area contributed by atoms with Crippen LogP contribution in [0.1, 0.15) is 33.6 Å². The van der Waals surface area contributed by atoms with E-state index in [2.05, 4.69) is 52.7 Å². The molecule has 98 valence electrons. The lowest BCUT2D eigenvalue weighted by Gasteiger charge is -2.10. The SMILES string of the molecule is C=C/C=C(C=C)/C(C)=C/C=C(\C=C)[C@H](C)CCC. The van der Waals surface area contributed by atoms with Gasteiger partial charge in [0.25, 0.3) is 0 Å². The summed E-state index contributed by atoms with van der Waals surface area (Å²) in [5, 5.41) is 0. The van der Waals surface area contributed by atoms with Crippen LogP contribution in [-0.4, -0.2) is 0 Å². The van der Waals surface area contributed by atoms with Gasteiger partial charge in [0.1, 0.15) is 0 Å². The van der Waals surface area contributed by atoms with E-state index in [0.29, 0.717) is 5.92 Å². The Bertz CT molecular complexity index is 375. The quantitative estimate of drug-likeness (QED) is 0.473. The van der Waals surface area contributed by atoms with Crippen LogP contribution >= 0.6 is 0 Å². The molecule has 0 aliphatic carbocycles. The Morgan fingerprint density at radius 2 is 1.72 bits per heavy atom. The van der Waals surface area contributed by atoms with Gasteiger partial charge >= 0.3 is 0 Å². The summed E-state index contributed by atoms with van der Waals surface area (Å²) in [6, 6.07) is 0. The van der Waals surface area contributed by atoms with Gasteiger partial charge < -0.3 is 0 Å². The van der Waals surface area contributed by atoms with Crippen LogP contribution in [0.25, 0.3) is 0 Å². The maximum atomic E-state index is 3.90. The van der Waals surface area contributed by atoms with E-state index in [1.165, 1.54) is 24.0 Å². The molecule has 0 aromatic carbocycles. The van der Waals surface area contributed by atoms with Gasteiger partial charge in [0.2, 0.25) is 0 Å². The molecule has 0 fully saturated rings. The van der Waals surface area contributed by atoms with Crippen molar-refractivity contribution in [3.63, 3.8) is 0 Å². The zero-order chi connectivity index (χ0) is 14.0. The summed E-state index contributed by atoms with van der Waals surface area (Å²) in [4.78, 5) is 0. The second-order valence-corrected chi connectivity index (χ2v) is 4.47. The number of allylic oxidation sites excluding steroid dienone is 9. The maximum Gasteiger partial charge on any atom is -0.0191 e. The third-order valence-corrected chi connectivity index (χ3v) is 3.02. The molecule has 0 aliphatic heterocycles. The minimum absolute atomic E-state index is 0.562. The molecule has 0 unspecified atom stereocenters. The van der Waals surface area contributed by atoms with Crippen molar-refractivity contribution in [1.29, 1.82) is 0 Å². The third kappa shape index (κ3) is 5.67. The maximum absolute atomic E-state index is 3.90. The first-order chi connectivity index (χ1) is 8.60. The molecule has 0 aromatic rings. The van der Waals surface area contributed by atoms with Crippen LogP contribution in [0.3, 0.4) is 0 Å². The highest BCUT2D eigenvalue weighted by molar-refractivity contribution is 5.42. The van der Waals surface area contributed by atoms with Gasteiger partial charge in [0.15, 0.2) is 0 Å². The van der Waals surface area contributed by atoms with Crippen LogP contribution < -0.4 is 0 Å². The van der Waals surface area contributed by atoms with Crippen molar-refractivity contribution in [2.24, 2.45) is 5.92 Å². The van der Waals surface area contributed by atoms with Crippen molar-refractivity contribution in [2.45, 2.75) is 33.6 Å². The summed E-state index contributed by atoms with van der Waals surface area (Å²) in [5.74, 6) is 0.562. The van der Waals surface area contributed by atoms with Gasteiger partial charge in [0.05, 0.1) is 0 Å². The molecule has 0 heterocycles. The summed E-state index contributed by atoms with van der Waals surface area (Å²) >= 11 is 0. The molecule has 0 aromatic heterocycles. The van der Waals surface area contributed by atoms with Crippen LogP contribution in [0.5, 0.6) is 0 Å². The molecule has 0 heteroatoms. The minimum Gasteiger partial charge on any atom is -0.0990 e. The van der Waals surface area contributed by atoms with Crippen molar-refractivity contribution < 1.29 is 0 Å². The van der Waals surface area contributed by atoms with Crippen LogP contribution in [0.4, 0.5) is 0 Å². The Labute approximate surface area is 113 Å². The van der Waals surface area contributed by atoms with Crippen molar-refractivity contribution in [1.82, 2.24) is 0 Å². The summed E-state index contributed by atoms with van der Waals surface area (Å²) in [6.45, 7) is 18.0. The Morgan fingerprint density at radius 3 is 2.17 bits per heavy atom. The minimum atomic E-state index is 0.562. The molecule has 1 atom stereocenters. The predicted molar refractivity (Wildman–Crippen MR) is 84.6 cm³/mol. The van der Waals surface area contributed by atoms with E-state index in [1.807, 2.05) is 18.2 Å². The summed E-state index contributed by atoms with van der Waals surface area (Å²) in [5.41, 5.74) is 3.58. The molecule has 0 saturated carbocycles. The van der Waals surface area contributed by atoms with Crippen molar-refractivity contribution in [3.05, 3.63) is 72.9 Å². The molecule has 0 rings (SSSR count). The van der Waals surface area contributed by atoms with Gasteiger partial charge in [-0.15, -0.1) is 0 Å². The lowest BCUT2D eigenvalue weighted by molar-refractivity contribution is 0.613. The van der Waals surface area contributed by atoms with Crippen molar-refractivity contribution in [2.75, 3.05) is 0 Å². The summed E-state index contributed by atoms with van der Waals surface area (Å²) in [6.07, 6.45) is 14.2. The average Bonchev–Trinajstić information content (AvgIpc) is 2.36. The van der Waals surface area contributed by atoms with E-state index in [-0.39, 0.29) is 0 Å². The van der Waals surface area contributed by atoms with Crippen LogP contribution in [0, 0.1) is 5.92 Å². The molecule has 0 aliphatic rings. The first-order valence-corrected chi connectivity index (χ1v) is 6.57. The molecule has 0 saturated heterocycles. The number of hydrogen-bond acceptors (Lipinski definition) is 0. The van der Waals surface area contributed by atoms with Crippen LogP contribution in [0.2, 0.25) is 0 Å². The molecule has 18 heavy (non-hydrogen) atoms. The normalized spacial score (nSPS) is 15.2. The highest BCUT2D eigenvalue weighted by Gasteiger charge is 2.03. The standard InChI is InChI=1S/C18H26/c1-7-11-15(5)18(10-4)14-13-16(6)17(9-3)12-8-2/h8-10,12-15H,2-4,7,11H2,1,5-6H3/b16-13+,17-12+,18-14+/t15-/m1/s1. The lowest BCUT2D eigenvalue weighted by Crippen LogP contribution is -1.96. The second-order valence-electron chi connectivity index (χ2n) is 4.47. The zero-order valence-electron chi connectivity index (χ0n) is 12.1. The van der Waals surface area contributed by atoms with Gasteiger partial charge in [-0.2, -0.15) is 0 Å². The van der Waals surface area contributed by atoms with Crippen molar-refractivity contribution in [3.8, 4) is 0 Å². The molecule has 0 spiro atoms. The average molecular weight is 242 g/mol. The molecule has 0 nitrogen and oxygen atoms in total. The molecule has 0 amide bonds. The fraction of sp³-hybridized carbons (Fsp3) is 0.333. The van der Waals surface area contributed by atoms with E-state index in [1.54, 1.807) is 6.08 Å². The molecule has 0 radical (unpaired) electrons. The fourth-order valence-electron chi connectivity index (χ4n) is 1.84. The van der Waals surface area contributed by atoms with Gasteiger partial charge in [-0.25, -0.2) is 0 Å². The predicted octanol–water partition coefficient (Wildman–Crippen LogP) is 5.78. The zero-order valence-corrected chi connectivity index (χ0v) is 12.1. The Hall–Kier alpha value is -1.56. The van der Waals surface area contributed by atoms with Gasteiger partial charge in [-0.1, -0.05) is 76.5 Å². The Balaban J connectivity index is 5.04. The highest BCUT2D eigenvalue weighted by atomic mass is 14.1. The molecular weight excluding hydrogens is 216 g/mol. The van der Waals surface area contributed by atoms with E-state index in [0.717, 1.165) is 5.57 Å². The smallest absolute Gasteiger partial charge is 0.0191 e. The Kier molecular flexibility index (Phi) is 8.65. The first-order valence-electron chi connectivity index (χ1n) is 6.57. The molecular formula is C18H26. The van der Waals surface area contributed by atoms with Crippen LogP contribution in [0.15, 0.2) is 72.9 Å². The van der Waals surface area contributed by atoms with Gasteiger partial charge in [0, 0.05) is 0 Å². The summed E-state index contributed by atoms with van der Waals surface area (Å²) < 4.78 is 0. The van der Waals surface area contributed by atoms with E-state index < -0.39 is 0 Å². The monoisotopic (exact) mass is 242 g/mol. The second kappa shape index (κ2) is 9.47. The van der Waals surface area contributed by atoms with E-state index in [9.17, 15) is 0 Å². The van der Waals surface area contributed by atoms with E-state index >= 15 is 0 Å². The largest absolute Gasteiger partial charge is 0.0990 e. The molecule has 0 N–H and O–H groups in total. The lowest BCUT2D eigenvalue weighted by atomic mass is 9.95. The third-order valence-electron chi connectivity index (χ3n) is 3.02. The fourth-order valence-corrected chi connectivity index (χ4v) is 1.84. The first kappa shape index (κ1) is 16.4. The Morgan fingerprint density at radius 1 is 1.06 bits per heavy atom. The van der Waals surface area contributed by atoms with Crippen molar-refractivity contribution >= 4 is 0 Å².